The Kier molecular flexibility index (Phi) is 4.28. The molecule has 2 aromatic rings. The second-order valence-electron chi connectivity index (χ2n) is 6.90. The lowest BCUT2D eigenvalue weighted by atomic mass is 9.72. The van der Waals surface area contributed by atoms with Crippen LogP contribution in [0, 0.1) is 11.3 Å². The minimum Gasteiger partial charge on any atom is -0.445 e. The first-order valence-electron chi connectivity index (χ1n) is 8.95. The van der Waals surface area contributed by atoms with Crippen LogP contribution in [0.5, 0.6) is 0 Å². The van der Waals surface area contributed by atoms with Gasteiger partial charge in [0.25, 0.3) is 0 Å². The molecule has 6 heteroatoms. The van der Waals surface area contributed by atoms with E-state index in [1.54, 1.807) is 17.0 Å². The summed E-state index contributed by atoms with van der Waals surface area (Å²) in [6.45, 7) is 1.06. The second-order valence-corrected chi connectivity index (χ2v) is 6.90. The summed E-state index contributed by atoms with van der Waals surface area (Å²) in [4.78, 5) is 26.7. The van der Waals surface area contributed by atoms with Gasteiger partial charge in [-0.1, -0.05) is 36.4 Å². The van der Waals surface area contributed by atoms with Crippen LogP contribution in [0.15, 0.2) is 48.5 Å². The van der Waals surface area contributed by atoms with Crippen molar-refractivity contribution in [2.24, 2.45) is 0 Å². The lowest BCUT2D eigenvalue weighted by Gasteiger charge is -2.37. The molecular weight excluding hydrogens is 342 g/mol. The smallest absolute Gasteiger partial charge is 0.410 e. The number of ether oxygens (including phenoxy) is 1. The number of amides is 2. The minimum absolute atomic E-state index is 0.0856. The van der Waals surface area contributed by atoms with Gasteiger partial charge in [0.2, 0.25) is 5.91 Å². The quantitative estimate of drug-likeness (QED) is 0.891. The van der Waals surface area contributed by atoms with Gasteiger partial charge in [0.15, 0.2) is 0 Å². The number of benzene rings is 2. The minimum atomic E-state index is -0.738. The van der Waals surface area contributed by atoms with Gasteiger partial charge in [-0.15, -0.1) is 0 Å². The van der Waals surface area contributed by atoms with Crippen LogP contribution >= 0.6 is 0 Å². The van der Waals surface area contributed by atoms with Gasteiger partial charge in [-0.05, 0) is 30.5 Å². The third-order valence-corrected chi connectivity index (χ3v) is 5.43. The Balaban J connectivity index is 1.46. The number of carbonyl (C=O) groups is 2. The van der Waals surface area contributed by atoms with Gasteiger partial charge in [0, 0.05) is 24.3 Å². The zero-order valence-electron chi connectivity index (χ0n) is 14.8. The van der Waals surface area contributed by atoms with E-state index < -0.39 is 5.41 Å². The van der Waals surface area contributed by atoms with Crippen LogP contribution in [-0.2, 0) is 21.6 Å². The molecule has 0 aromatic heterocycles. The third-order valence-electron chi connectivity index (χ3n) is 5.43. The zero-order chi connectivity index (χ0) is 18.9. The number of nitrogens with zero attached hydrogens (tertiary/aromatic N) is 2. The summed E-state index contributed by atoms with van der Waals surface area (Å²) in [7, 11) is 0. The standard InChI is InChI=1S/C21H19N3O3/c22-13-16-7-4-8-17-18(16)21(19(25)23-17)9-11-24(12-10-21)20(26)27-14-15-5-2-1-3-6-15/h1-8H,9-12,14H2,(H,23,25). The molecule has 0 radical (unpaired) electrons. The number of hydrogen-bond donors (Lipinski definition) is 1. The first kappa shape index (κ1) is 17.1. The fourth-order valence-electron chi connectivity index (χ4n) is 3.98. The van der Waals surface area contributed by atoms with Crippen LogP contribution < -0.4 is 5.32 Å². The van der Waals surface area contributed by atoms with Crippen LogP contribution in [0.2, 0.25) is 0 Å². The number of hydrogen-bond acceptors (Lipinski definition) is 4. The molecule has 2 aromatic carbocycles. The highest BCUT2D eigenvalue weighted by atomic mass is 16.6. The third kappa shape index (κ3) is 2.91. The van der Waals surface area contributed by atoms with Crippen LogP contribution in [0.25, 0.3) is 0 Å². The number of anilines is 1. The lowest BCUT2D eigenvalue weighted by Crippen LogP contribution is -2.48. The molecule has 6 nitrogen and oxygen atoms in total. The van der Waals surface area contributed by atoms with Crippen molar-refractivity contribution in [3.63, 3.8) is 0 Å². The summed E-state index contributed by atoms with van der Waals surface area (Å²) in [6, 6.07) is 17.0. The molecule has 0 saturated carbocycles. The largest absolute Gasteiger partial charge is 0.445 e. The van der Waals surface area contributed by atoms with Crippen molar-refractivity contribution in [1.29, 1.82) is 5.26 Å². The first-order valence-corrected chi connectivity index (χ1v) is 8.95. The highest BCUT2D eigenvalue weighted by molar-refractivity contribution is 6.07. The molecular formula is C21H19N3O3. The van der Waals surface area contributed by atoms with Gasteiger partial charge < -0.3 is 15.0 Å². The van der Waals surface area contributed by atoms with E-state index in [9.17, 15) is 14.9 Å². The van der Waals surface area contributed by atoms with Crippen molar-refractivity contribution >= 4 is 17.7 Å². The number of likely N-dealkylation sites (tertiary alicyclic amines) is 1. The Morgan fingerprint density at radius 1 is 1.15 bits per heavy atom. The molecule has 0 aliphatic carbocycles. The fraction of sp³-hybridized carbons (Fsp3) is 0.286. The van der Waals surface area contributed by atoms with Crippen molar-refractivity contribution in [3.05, 3.63) is 65.2 Å². The molecule has 1 spiro atoms. The van der Waals surface area contributed by atoms with Crippen LogP contribution in [0.3, 0.4) is 0 Å². The molecule has 4 rings (SSSR count). The monoisotopic (exact) mass is 361 g/mol. The summed E-state index contributed by atoms with van der Waals surface area (Å²) < 4.78 is 5.39. The fourth-order valence-corrected chi connectivity index (χ4v) is 3.98. The van der Waals surface area contributed by atoms with E-state index in [-0.39, 0.29) is 18.6 Å². The molecule has 2 aliphatic heterocycles. The molecule has 1 fully saturated rings. The molecule has 2 heterocycles. The first-order chi connectivity index (χ1) is 13.1. The summed E-state index contributed by atoms with van der Waals surface area (Å²) in [5.74, 6) is -0.0856. The summed E-state index contributed by atoms with van der Waals surface area (Å²) in [6.07, 6.45) is 0.580. The maximum Gasteiger partial charge on any atom is 0.410 e. The molecule has 0 bridgehead atoms. The SMILES string of the molecule is N#Cc1cccc2c1C1(CCN(C(=O)OCc3ccccc3)CC1)C(=O)N2. The van der Waals surface area contributed by atoms with Crippen LogP contribution in [0.4, 0.5) is 10.5 Å². The van der Waals surface area contributed by atoms with Gasteiger partial charge in [-0.2, -0.15) is 5.26 Å². The van der Waals surface area contributed by atoms with E-state index >= 15 is 0 Å². The number of carbonyl (C=O) groups excluding carboxylic acids is 2. The molecule has 2 aliphatic rings. The number of nitrogens with one attached hydrogen (secondary N) is 1. The summed E-state index contributed by atoms with van der Waals surface area (Å²) >= 11 is 0. The maximum absolute atomic E-state index is 12.7. The van der Waals surface area contributed by atoms with E-state index in [2.05, 4.69) is 11.4 Å². The van der Waals surface area contributed by atoms with Crippen LogP contribution in [-0.4, -0.2) is 30.0 Å². The Morgan fingerprint density at radius 3 is 2.59 bits per heavy atom. The maximum atomic E-state index is 12.7. The van der Waals surface area contributed by atoms with E-state index in [0.29, 0.717) is 37.2 Å². The normalized spacial score (nSPS) is 17.1. The Bertz CT molecular complexity index is 925. The zero-order valence-corrected chi connectivity index (χ0v) is 14.8. The highest BCUT2D eigenvalue weighted by Gasteiger charge is 2.50. The average molecular weight is 361 g/mol. The Labute approximate surface area is 157 Å². The van der Waals surface area contributed by atoms with Gasteiger partial charge in [-0.3, -0.25) is 4.79 Å². The van der Waals surface area contributed by atoms with Crippen molar-refractivity contribution in [2.75, 3.05) is 18.4 Å². The molecule has 0 atom stereocenters. The van der Waals surface area contributed by atoms with Crippen molar-refractivity contribution < 1.29 is 14.3 Å². The van der Waals surface area contributed by atoms with Crippen molar-refractivity contribution in [1.82, 2.24) is 4.90 Å². The average Bonchev–Trinajstić information content (AvgIpc) is 2.99. The molecule has 2 amide bonds. The number of rotatable bonds is 2. The van der Waals surface area contributed by atoms with Crippen molar-refractivity contribution in [3.8, 4) is 6.07 Å². The topological polar surface area (TPSA) is 82.4 Å². The number of nitriles is 1. The van der Waals surface area contributed by atoms with Crippen molar-refractivity contribution in [2.45, 2.75) is 24.9 Å². The predicted octanol–water partition coefficient (Wildman–Crippen LogP) is 3.18. The van der Waals surface area contributed by atoms with Gasteiger partial charge in [0.05, 0.1) is 17.0 Å². The molecule has 1 saturated heterocycles. The predicted molar refractivity (Wildman–Crippen MR) is 98.9 cm³/mol. The highest BCUT2D eigenvalue weighted by Crippen LogP contribution is 2.46. The summed E-state index contributed by atoms with van der Waals surface area (Å²) in [5.41, 5.74) is 2.19. The molecule has 27 heavy (non-hydrogen) atoms. The van der Waals surface area contributed by atoms with E-state index in [4.69, 9.17) is 4.74 Å². The summed E-state index contributed by atoms with van der Waals surface area (Å²) in [5, 5.41) is 12.3. The number of piperidine rings is 1. The molecule has 136 valence electrons. The Morgan fingerprint density at radius 2 is 1.89 bits per heavy atom. The van der Waals surface area contributed by atoms with E-state index in [0.717, 1.165) is 11.1 Å². The lowest BCUT2D eigenvalue weighted by molar-refractivity contribution is -0.122. The van der Waals surface area contributed by atoms with Crippen LogP contribution in [0.1, 0.15) is 29.5 Å². The van der Waals surface area contributed by atoms with E-state index in [1.807, 2.05) is 36.4 Å². The molecule has 0 unspecified atom stereocenters. The van der Waals surface area contributed by atoms with E-state index in [1.165, 1.54) is 0 Å². The van der Waals surface area contributed by atoms with Gasteiger partial charge in [-0.25, -0.2) is 4.79 Å². The molecule has 1 N–H and O–H groups in total. The Hall–Kier alpha value is -3.33. The number of fused-ring (bicyclic) bond motifs is 2. The second kappa shape index (κ2) is 6.76. The van der Waals surface area contributed by atoms with Gasteiger partial charge >= 0.3 is 6.09 Å². The van der Waals surface area contributed by atoms with Gasteiger partial charge in [0.1, 0.15) is 6.61 Å².